The average molecular weight is 419 g/mol. The van der Waals surface area contributed by atoms with Crippen LogP contribution < -0.4 is 5.32 Å². The molecule has 3 aromatic rings. The van der Waals surface area contributed by atoms with Crippen molar-refractivity contribution in [3.8, 4) is 11.1 Å². The first-order valence-electron chi connectivity index (χ1n) is 10.6. The largest absolute Gasteiger partial charge is 0.359 e. The minimum atomic E-state index is -0.579. The third-order valence-electron chi connectivity index (χ3n) is 6.13. The summed E-state index contributed by atoms with van der Waals surface area (Å²) in [4.78, 5) is 23.7. The lowest BCUT2D eigenvalue weighted by molar-refractivity contribution is -0.134. The van der Waals surface area contributed by atoms with Crippen LogP contribution in [0.3, 0.4) is 0 Å². The second-order valence-corrected chi connectivity index (χ2v) is 8.23. The van der Waals surface area contributed by atoms with Crippen molar-refractivity contribution < 1.29 is 9.18 Å². The van der Waals surface area contributed by atoms with Crippen LogP contribution >= 0.6 is 0 Å². The normalized spacial score (nSPS) is 19.2. The Balaban J connectivity index is 1.64. The molecule has 4 rings (SSSR count). The molecule has 0 saturated carbocycles. The van der Waals surface area contributed by atoms with Gasteiger partial charge in [0.2, 0.25) is 5.91 Å². The lowest BCUT2D eigenvalue weighted by atomic mass is 9.73. The zero-order valence-electron chi connectivity index (χ0n) is 17.7. The Kier molecular flexibility index (Phi) is 6.37. The van der Waals surface area contributed by atoms with E-state index in [0.717, 1.165) is 36.1 Å². The second-order valence-electron chi connectivity index (χ2n) is 8.23. The highest BCUT2D eigenvalue weighted by Gasteiger charge is 2.42. The summed E-state index contributed by atoms with van der Waals surface area (Å²) in [6, 6.07) is 15.0. The predicted octanol–water partition coefficient (Wildman–Crippen LogP) is 3.85. The zero-order chi connectivity index (χ0) is 21.7. The van der Waals surface area contributed by atoms with E-state index in [1.54, 1.807) is 25.5 Å². The van der Waals surface area contributed by atoms with Crippen molar-refractivity contribution in [1.29, 1.82) is 0 Å². The first kappa shape index (κ1) is 21.1. The van der Waals surface area contributed by atoms with Crippen LogP contribution in [0.4, 0.5) is 4.39 Å². The summed E-state index contributed by atoms with van der Waals surface area (Å²) >= 11 is 0. The van der Waals surface area contributed by atoms with Gasteiger partial charge < -0.3 is 5.32 Å². The van der Waals surface area contributed by atoms with Gasteiger partial charge in [0, 0.05) is 43.7 Å². The van der Waals surface area contributed by atoms with Crippen molar-refractivity contribution in [2.24, 2.45) is 5.41 Å². The van der Waals surface area contributed by atoms with Crippen molar-refractivity contribution in [2.75, 3.05) is 20.1 Å². The Morgan fingerprint density at radius 1 is 1.10 bits per heavy atom. The standard InChI is InChI=1S/C25H27FN4O/c1-27-24(31)25(11-6-12-30(17-25)16-20-8-3-5-10-23(20)26)13-19-7-2-4-9-22(19)21-14-28-18-29-15-21/h2-5,7-10,14-15,18H,6,11-13,16-17H2,1H3,(H,27,31). The molecular weight excluding hydrogens is 391 g/mol. The number of likely N-dealkylation sites (tertiary alicyclic amines) is 1. The molecule has 1 fully saturated rings. The summed E-state index contributed by atoms with van der Waals surface area (Å²) in [5.74, 6) is -0.169. The first-order chi connectivity index (χ1) is 15.1. The van der Waals surface area contributed by atoms with Gasteiger partial charge in [-0.05, 0) is 43.0 Å². The van der Waals surface area contributed by atoms with Crippen LogP contribution in [0.25, 0.3) is 11.1 Å². The van der Waals surface area contributed by atoms with Crippen LogP contribution in [0, 0.1) is 11.2 Å². The molecule has 0 radical (unpaired) electrons. The monoisotopic (exact) mass is 418 g/mol. The lowest BCUT2D eigenvalue weighted by Gasteiger charge is -2.42. The van der Waals surface area contributed by atoms with E-state index < -0.39 is 5.41 Å². The topological polar surface area (TPSA) is 58.1 Å². The highest BCUT2D eigenvalue weighted by Crippen LogP contribution is 2.37. The summed E-state index contributed by atoms with van der Waals surface area (Å²) in [6.45, 7) is 1.93. The molecule has 1 aromatic heterocycles. The third-order valence-corrected chi connectivity index (χ3v) is 6.13. The highest BCUT2D eigenvalue weighted by atomic mass is 19.1. The summed E-state index contributed by atoms with van der Waals surface area (Å²) in [5, 5.41) is 2.89. The van der Waals surface area contributed by atoms with Crippen LogP contribution in [0.2, 0.25) is 0 Å². The highest BCUT2D eigenvalue weighted by molar-refractivity contribution is 5.83. The maximum Gasteiger partial charge on any atom is 0.227 e. The molecule has 1 N–H and O–H groups in total. The van der Waals surface area contributed by atoms with E-state index in [-0.39, 0.29) is 11.7 Å². The van der Waals surface area contributed by atoms with Gasteiger partial charge >= 0.3 is 0 Å². The van der Waals surface area contributed by atoms with Gasteiger partial charge in [-0.25, -0.2) is 14.4 Å². The van der Waals surface area contributed by atoms with Crippen molar-refractivity contribution in [1.82, 2.24) is 20.2 Å². The number of piperidine rings is 1. The minimum absolute atomic E-state index is 0.0323. The Morgan fingerprint density at radius 3 is 2.55 bits per heavy atom. The van der Waals surface area contributed by atoms with Crippen LogP contribution in [0.1, 0.15) is 24.0 Å². The lowest BCUT2D eigenvalue weighted by Crippen LogP contribution is -2.52. The fourth-order valence-electron chi connectivity index (χ4n) is 4.66. The van der Waals surface area contributed by atoms with Gasteiger partial charge in [-0.2, -0.15) is 0 Å². The SMILES string of the molecule is CNC(=O)C1(Cc2ccccc2-c2cncnc2)CCCN(Cc2ccccc2F)C1. The quantitative estimate of drug-likeness (QED) is 0.661. The maximum atomic E-state index is 14.2. The molecule has 5 nitrogen and oxygen atoms in total. The van der Waals surface area contributed by atoms with E-state index >= 15 is 0 Å². The molecule has 2 aromatic carbocycles. The maximum absolute atomic E-state index is 14.2. The molecule has 1 unspecified atom stereocenters. The van der Waals surface area contributed by atoms with Crippen LogP contribution in [-0.2, 0) is 17.8 Å². The summed E-state index contributed by atoms with van der Waals surface area (Å²) < 4.78 is 14.2. The molecule has 1 saturated heterocycles. The van der Waals surface area contributed by atoms with Crippen molar-refractivity contribution >= 4 is 5.91 Å². The molecule has 0 bridgehead atoms. The number of nitrogens with one attached hydrogen (secondary N) is 1. The van der Waals surface area contributed by atoms with Crippen LogP contribution in [0.15, 0.2) is 67.3 Å². The predicted molar refractivity (Wildman–Crippen MR) is 119 cm³/mol. The van der Waals surface area contributed by atoms with E-state index in [1.165, 1.54) is 12.4 Å². The molecule has 2 heterocycles. The van der Waals surface area contributed by atoms with Gasteiger partial charge in [0.15, 0.2) is 0 Å². The fraction of sp³-hybridized carbons (Fsp3) is 0.320. The molecule has 31 heavy (non-hydrogen) atoms. The van der Waals surface area contributed by atoms with Crippen LogP contribution in [0.5, 0.6) is 0 Å². The van der Waals surface area contributed by atoms with Gasteiger partial charge in [0.05, 0.1) is 5.41 Å². The fourth-order valence-corrected chi connectivity index (χ4v) is 4.66. The molecule has 6 heteroatoms. The molecule has 1 atom stereocenters. The number of aromatic nitrogens is 2. The smallest absolute Gasteiger partial charge is 0.227 e. The number of amides is 1. The van der Waals surface area contributed by atoms with Gasteiger partial charge in [-0.15, -0.1) is 0 Å². The molecule has 160 valence electrons. The number of carbonyl (C=O) groups excluding carboxylic acids is 1. The van der Waals surface area contributed by atoms with Gasteiger partial charge in [-0.1, -0.05) is 42.5 Å². The minimum Gasteiger partial charge on any atom is -0.359 e. The van der Waals surface area contributed by atoms with Crippen molar-refractivity contribution in [3.05, 3.63) is 84.2 Å². The zero-order valence-corrected chi connectivity index (χ0v) is 17.7. The Morgan fingerprint density at radius 2 is 1.81 bits per heavy atom. The van der Waals surface area contributed by atoms with E-state index in [1.807, 2.05) is 30.3 Å². The van der Waals surface area contributed by atoms with E-state index in [9.17, 15) is 9.18 Å². The molecule has 0 aliphatic carbocycles. The summed E-state index contributed by atoms with van der Waals surface area (Å²) in [7, 11) is 1.69. The number of benzene rings is 2. The van der Waals surface area contributed by atoms with Crippen molar-refractivity contribution in [2.45, 2.75) is 25.8 Å². The molecular formula is C25H27FN4O. The molecule has 1 aliphatic rings. The Bertz CT molecular complexity index is 1040. The van der Waals surface area contributed by atoms with E-state index in [0.29, 0.717) is 25.1 Å². The first-order valence-corrected chi connectivity index (χ1v) is 10.6. The van der Waals surface area contributed by atoms with Gasteiger partial charge in [0.1, 0.15) is 12.1 Å². The molecule has 1 aliphatic heterocycles. The second kappa shape index (κ2) is 9.35. The van der Waals surface area contributed by atoms with Crippen molar-refractivity contribution in [3.63, 3.8) is 0 Å². The number of rotatable bonds is 6. The number of carbonyl (C=O) groups is 1. The van der Waals surface area contributed by atoms with Gasteiger partial charge in [0.25, 0.3) is 0 Å². The Labute approximate surface area is 182 Å². The summed E-state index contributed by atoms with van der Waals surface area (Å²) in [6.07, 6.45) is 7.39. The van der Waals surface area contributed by atoms with Crippen LogP contribution in [-0.4, -0.2) is 40.9 Å². The average Bonchev–Trinajstić information content (AvgIpc) is 2.81. The van der Waals surface area contributed by atoms with E-state index in [4.69, 9.17) is 0 Å². The third kappa shape index (κ3) is 4.64. The summed E-state index contributed by atoms with van der Waals surface area (Å²) in [5.41, 5.74) is 3.15. The van der Waals surface area contributed by atoms with Gasteiger partial charge in [-0.3, -0.25) is 9.69 Å². The molecule has 0 spiro atoms. The van der Waals surface area contributed by atoms with E-state index in [2.05, 4.69) is 26.3 Å². The number of nitrogens with zero attached hydrogens (tertiary/aromatic N) is 3. The number of halogens is 1. The molecule has 1 amide bonds. The Hall–Kier alpha value is -3.12. The number of hydrogen-bond acceptors (Lipinski definition) is 4. The number of hydrogen-bond donors (Lipinski definition) is 1.